The molecule has 0 N–H and O–H groups in total. The van der Waals surface area contributed by atoms with Crippen molar-refractivity contribution in [2.45, 2.75) is 322 Å². The molecule has 1 atom stereocenters. The van der Waals surface area contributed by atoms with E-state index in [9.17, 15) is 14.4 Å². The smallest absolute Gasteiger partial charge is 0.306 e. The summed E-state index contributed by atoms with van der Waals surface area (Å²) in [6, 6.07) is 0. The van der Waals surface area contributed by atoms with E-state index in [-0.39, 0.29) is 37.5 Å². The lowest BCUT2D eigenvalue weighted by Crippen LogP contribution is -2.30. The third-order valence-electron chi connectivity index (χ3n) is 14.7. The fourth-order valence-electron chi connectivity index (χ4n) is 9.53. The van der Waals surface area contributed by atoms with E-state index in [1.165, 1.54) is 128 Å². The van der Waals surface area contributed by atoms with E-state index >= 15 is 0 Å². The van der Waals surface area contributed by atoms with Crippen LogP contribution in [-0.2, 0) is 28.6 Å². The van der Waals surface area contributed by atoms with Crippen molar-refractivity contribution in [1.82, 2.24) is 0 Å². The molecule has 6 heteroatoms. The molecule has 0 aromatic heterocycles. The Morgan fingerprint density at radius 2 is 0.470 bits per heavy atom. The van der Waals surface area contributed by atoms with Gasteiger partial charge in [0.1, 0.15) is 13.2 Å². The van der Waals surface area contributed by atoms with Crippen LogP contribution in [0.5, 0.6) is 0 Å². The topological polar surface area (TPSA) is 78.9 Å². The number of rotatable bonds is 62. The predicted octanol–water partition coefficient (Wildman–Crippen LogP) is 24.1. The van der Waals surface area contributed by atoms with Crippen molar-refractivity contribution < 1.29 is 28.6 Å². The van der Waals surface area contributed by atoms with E-state index in [1.807, 2.05) is 0 Å². The van der Waals surface area contributed by atoms with Gasteiger partial charge in [-0.25, -0.2) is 0 Å². The second-order valence-electron chi connectivity index (χ2n) is 22.7. The largest absolute Gasteiger partial charge is 0.462 e. The van der Waals surface area contributed by atoms with Gasteiger partial charge in [0.2, 0.25) is 0 Å². The fourth-order valence-corrected chi connectivity index (χ4v) is 9.53. The number of allylic oxidation sites excluding steroid dienone is 22. The average Bonchev–Trinajstić information content (AvgIpc) is 3.49. The summed E-state index contributed by atoms with van der Waals surface area (Å²) in [7, 11) is 0. The predicted molar refractivity (Wildman–Crippen MR) is 362 cm³/mol. The van der Waals surface area contributed by atoms with Crippen LogP contribution in [0.4, 0.5) is 0 Å². The van der Waals surface area contributed by atoms with Gasteiger partial charge < -0.3 is 14.2 Å². The van der Waals surface area contributed by atoms with Crippen LogP contribution in [0.1, 0.15) is 316 Å². The van der Waals surface area contributed by atoms with Crippen molar-refractivity contribution in [1.29, 1.82) is 0 Å². The second kappa shape index (κ2) is 70.0. The first-order chi connectivity index (χ1) is 41.0. The van der Waals surface area contributed by atoms with Crippen molar-refractivity contribution in [2.24, 2.45) is 0 Å². The Morgan fingerprint density at radius 3 is 0.747 bits per heavy atom. The molecule has 0 heterocycles. The summed E-state index contributed by atoms with van der Waals surface area (Å²) in [4.78, 5) is 38.0. The number of hydrogen-bond donors (Lipinski definition) is 0. The zero-order valence-electron chi connectivity index (χ0n) is 54.2. The molecule has 0 aromatic rings. The third-order valence-corrected chi connectivity index (χ3v) is 14.7. The molecule has 0 spiro atoms. The van der Waals surface area contributed by atoms with Crippen molar-refractivity contribution >= 4 is 17.9 Å². The molecule has 0 fully saturated rings. The van der Waals surface area contributed by atoms with Gasteiger partial charge in [-0.1, -0.05) is 315 Å². The molecular formula is C77H128O6. The van der Waals surface area contributed by atoms with Gasteiger partial charge in [0.25, 0.3) is 0 Å². The summed E-state index contributed by atoms with van der Waals surface area (Å²) >= 11 is 0. The van der Waals surface area contributed by atoms with E-state index in [1.54, 1.807) is 0 Å². The highest BCUT2D eigenvalue weighted by Gasteiger charge is 2.19. The summed E-state index contributed by atoms with van der Waals surface area (Å²) in [5, 5.41) is 0. The zero-order chi connectivity index (χ0) is 59.9. The van der Waals surface area contributed by atoms with Gasteiger partial charge in [-0.15, -0.1) is 0 Å². The van der Waals surface area contributed by atoms with Gasteiger partial charge in [0.15, 0.2) is 6.10 Å². The molecule has 472 valence electrons. The van der Waals surface area contributed by atoms with Crippen LogP contribution in [0.15, 0.2) is 134 Å². The molecule has 0 rings (SSSR count). The van der Waals surface area contributed by atoms with Crippen LogP contribution < -0.4 is 0 Å². The first-order valence-electron chi connectivity index (χ1n) is 34.7. The molecule has 6 nitrogen and oxygen atoms in total. The number of hydrogen-bond acceptors (Lipinski definition) is 6. The fraction of sp³-hybridized carbons (Fsp3) is 0.675. The maximum atomic E-state index is 12.8. The minimum absolute atomic E-state index is 0.0915. The van der Waals surface area contributed by atoms with Crippen LogP contribution in [0.3, 0.4) is 0 Å². The van der Waals surface area contributed by atoms with Crippen LogP contribution in [0.2, 0.25) is 0 Å². The summed E-state index contributed by atoms with van der Waals surface area (Å²) in [6.45, 7) is 6.32. The zero-order valence-corrected chi connectivity index (χ0v) is 54.2. The van der Waals surface area contributed by atoms with E-state index in [4.69, 9.17) is 14.2 Å². The molecule has 0 aliphatic rings. The standard InChI is InChI=1S/C77H128O6/c1-4-7-10-13-15-17-19-21-23-25-27-29-31-33-34-35-36-37-38-39-40-41-42-44-45-47-49-51-53-55-57-59-61-64-67-70-76(79)82-73-74(72-81-75(78)69-66-63-12-9-6-3)83-77(80)71-68-65-62-60-58-56-54-52-50-48-46-43-32-30-28-26-24-22-20-18-16-14-11-8-5-2/h7-8,10-11,15-18,21-24,27-30,43,46,50,52,56,58,74H,4-6,9,12-14,19-20,25-26,31-42,44-45,47-49,51,53-55,57,59-73H2,1-3H3/b10-7-,11-8-,17-15-,18-16-,23-21-,24-22-,29-27-,30-28-,46-43-,52-50-,58-56-. The molecule has 0 aromatic carbocycles. The third kappa shape index (κ3) is 68.2. The van der Waals surface area contributed by atoms with Crippen LogP contribution >= 0.6 is 0 Å². The Labute approximate surface area is 513 Å². The Balaban J connectivity index is 4.00. The van der Waals surface area contributed by atoms with Gasteiger partial charge in [-0.2, -0.15) is 0 Å². The Hall–Kier alpha value is -4.45. The number of esters is 3. The summed E-state index contributed by atoms with van der Waals surface area (Å²) in [6.07, 6.45) is 99.7. The highest BCUT2D eigenvalue weighted by molar-refractivity contribution is 5.71. The maximum absolute atomic E-state index is 12.8. The number of carbonyl (C=O) groups is 3. The molecule has 0 bridgehead atoms. The van der Waals surface area contributed by atoms with Gasteiger partial charge in [-0.3, -0.25) is 14.4 Å². The van der Waals surface area contributed by atoms with Crippen molar-refractivity contribution in [3.63, 3.8) is 0 Å². The lowest BCUT2D eigenvalue weighted by molar-refractivity contribution is -0.167. The normalized spacial score (nSPS) is 13.0. The minimum atomic E-state index is -0.795. The monoisotopic (exact) mass is 1150 g/mol. The summed E-state index contributed by atoms with van der Waals surface area (Å²) < 4.78 is 16.8. The first-order valence-corrected chi connectivity index (χ1v) is 34.7. The van der Waals surface area contributed by atoms with Crippen LogP contribution in [0.25, 0.3) is 0 Å². The molecular weight excluding hydrogens is 1020 g/mol. The van der Waals surface area contributed by atoms with E-state index < -0.39 is 6.10 Å². The Kier molecular flexibility index (Phi) is 66.3. The van der Waals surface area contributed by atoms with Gasteiger partial charge >= 0.3 is 17.9 Å². The van der Waals surface area contributed by atoms with Crippen molar-refractivity contribution in [2.75, 3.05) is 13.2 Å². The minimum Gasteiger partial charge on any atom is -0.462 e. The average molecular weight is 1150 g/mol. The summed E-state index contributed by atoms with van der Waals surface area (Å²) in [5.41, 5.74) is 0. The highest BCUT2D eigenvalue weighted by Crippen LogP contribution is 2.17. The SMILES string of the molecule is CC/C=C\C/C=C\C/C=C\C/C=C\C/C=C\C/C=C\C/C=C\CCCCCC(=O)OC(COC(=O)CCCCCCC)COC(=O)CCCCCCCCCCCCCCCCCCCCCCCC/C=C\C/C=C\C/C=C\C/C=C\CC. The lowest BCUT2D eigenvalue weighted by atomic mass is 10.0. The number of unbranched alkanes of at least 4 members (excludes halogenated alkanes) is 29. The van der Waals surface area contributed by atoms with Gasteiger partial charge in [0.05, 0.1) is 0 Å². The van der Waals surface area contributed by atoms with Crippen molar-refractivity contribution in [3.8, 4) is 0 Å². The molecule has 1 unspecified atom stereocenters. The molecule has 0 radical (unpaired) electrons. The van der Waals surface area contributed by atoms with Crippen molar-refractivity contribution in [3.05, 3.63) is 134 Å². The molecule has 0 saturated heterocycles. The second-order valence-corrected chi connectivity index (χ2v) is 22.7. The highest BCUT2D eigenvalue weighted by atomic mass is 16.6. The van der Waals surface area contributed by atoms with Crippen LogP contribution in [-0.4, -0.2) is 37.2 Å². The number of carbonyl (C=O) groups excluding carboxylic acids is 3. The Bertz CT molecular complexity index is 1750. The molecule has 0 aliphatic heterocycles. The summed E-state index contributed by atoms with van der Waals surface area (Å²) in [5.74, 6) is -0.932. The first kappa shape index (κ1) is 78.5. The van der Waals surface area contributed by atoms with Gasteiger partial charge in [0, 0.05) is 19.3 Å². The molecule has 0 amide bonds. The van der Waals surface area contributed by atoms with E-state index in [0.717, 1.165) is 148 Å². The molecule has 83 heavy (non-hydrogen) atoms. The van der Waals surface area contributed by atoms with Gasteiger partial charge in [-0.05, 0) is 116 Å². The molecule has 0 aliphatic carbocycles. The number of ether oxygens (including phenoxy) is 3. The maximum Gasteiger partial charge on any atom is 0.306 e. The van der Waals surface area contributed by atoms with E-state index in [2.05, 4.69) is 154 Å². The van der Waals surface area contributed by atoms with E-state index in [0.29, 0.717) is 12.8 Å². The van der Waals surface area contributed by atoms with Crippen LogP contribution in [0, 0.1) is 0 Å². The lowest BCUT2D eigenvalue weighted by Gasteiger charge is -2.18. The Morgan fingerprint density at radius 1 is 0.253 bits per heavy atom. The molecule has 0 saturated carbocycles. The quantitative estimate of drug-likeness (QED) is 0.0261.